The molecule has 0 aliphatic heterocycles. The highest BCUT2D eigenvalue weighted by Crippen LogP contribution is 2.41. The van der Waals surface area contributed by atoms with E-state index < -0.39 is 0 Å². The Kier molecular flexibility index (Phi) is 6.77. The fourth-order valence-electron chi connectivity index (χ4n) is 5.88. The van der Waals surface area contributed by atoms with Crippen molar-refractivity contribution in [1.82, 2.24) is 4.98 Å². The molecule has 0 atom stereocenters. The number of hydrogen-bond donors (Lipinski definition) is 0. The maximum atomic E-state index is 10.2. The van der Waals surface area contributed by atoms with E-state index in [1.54, 1.807) is 0 Å². The monoisotopic (exact) mass is 512 g/mol. The van der Waals surface area contributed by atoms with Crippen LogP contribution in [0.3, 0.4) is 0 Å². The summed E-state index contributed by atoms with van der Waals surface area (Å²) in [6, 6.07) is 17.2. The van der Waals surface area contributed by atoms with Crippen molar-refractivity contribution in [1.29, 1.82) is 5.26 Å². The standard InChI is InChI=1S/C29H32B8N2O/c1-28(2,3)29(36,37)13-9-17(39-18(30)10-13)16-6-4-5-14-15-8-7-12(11-38)19(27(15)40-26(14)16)20-21(31)23(33)25(35)24(34)22(20)32/h4-10H,30-37H2,1-3H3. The number of aromatic nitrogens is 1. The summed E-state index contributed by atoms with van der Waals surface area (Å²) in [4.78, 5) is 4.98. The topological polar surface area (TPSA) is 49.8 Å². The van der Waals surface area contributed by atoms with Crippen molar-refractivity contribution in [3.8, 4) is 28.5 Å². The number of nitrogens with zero attached hydrogens (tertiary/aromatic N) is 2. The van der Waals surface area contributed by atoms with Crippen molar-refractivity contribution >= 4 is 118 Å². The number of furan rings is 1. The first kappa shape index (κ1) is 28.2. The zero-order valence-electron chi connectivity index (χ0n) is 25.8. The van der Waals surface area contributed by atoms with E-state index in [9.17, 15) is 5.26 Å². The van der Waals surface area contributed by atoms with Gasteiger partial charge in [0.05, 0.1) is 17.3 Å². The second kappa shape index (κ2) is 9.62. The molecule has 0 aliphatic carbocycles. The van der Waals surface area contributed by atoms with E-state index >= 15 is 0 Å². The van der Waals surface area contributed by atoms with Gasteiger partial charge in [0.1, 0.15) is 66.1 Å². The third kappa shape index (κ3) is 4.19. The Morgan fingerprint density at radius 1 is 0.750 bits per heavy atom. The molecule has 0 bridgehead atoms. The molecule has 0 radical (unpaired) electrons. The van der Waals surface area contributed by atoms with Crippen molar-refractivity contribution < 1.29 is 4.42 Å². The zero-order chi connectivity index (χ0) is 29.3. The van der Waals surface area contributed by atoms with Crippen LogP contribution in [0, 0.1) is 16.7 Å². The maximum absolute atomic E-state index is 10.2. The lowest BCUT2D eigenvalue weighted by molar-refractivity contribution is 0.358. The second-order valence-corrected chi connectivity index (χ2v) is 13.0. The van der Waals surface area contributed by atoms with Crippen molar-refractivity contribution in [2.75, 3.05) is 0 Å². The summed E-state index contributed by atoms with van der Waals surface area (Å²) in [5.41, 5.74) is 14.6. The highest BCUT2D eigenvalue weighted by Gasteiger charge is 2.35. The number of nitriles is 1. The number of para-hydroxylation sites is 1. The third-order valence-electron chi connectivity index (χ3n) is 9.86. The molecule has 3 nitrogen and oxygen atoms in total. The molecule has 5 rings (SSSR count). The summed E-state index contributed by atoms with van der Waals surface area (Å²) in [5.74, 6) is 0. The minimum absolute atomic E-state index is 0.0533. The van der Waals surface area contributed by atoms with Gasteiger partial charge in [-0.2, -0.15) is 5.26 Å². The molecule has 0 saturated heterocycles. The smallest absolute Gasteiger partial charge is 0.163 e. The van der Waals surface area contributed by atoms with Gasteiger partial charge in [0.2, 0.25) is 0 Å². The van der Waals surface area contributed by atoms with Crippen molar-refractivity contribution in [3.63, 3.8) is 0 Å². The third-order valence-corrected chi connectivity index (χ3v) is 9.86. The molecule has 11 heteroatoms. The highest BCUT2D eigenvalue weighted by atomic mass is 16.3. The first-order valence-corrected chi connectivity index (χ1v) is 14.1. The van der Waals surface area contributed by atoms with Crippen LogP contribution in [-0.4, -0.2) is 67.8 Å². The molecule has 188 valence electrons. The Morgan fingerprint density at radius 2 is 1.35 bits per heavy atom. The van der Waals surface area contributed by atoms with Crippen LogP contribution < -0.4 is 32.9 Å². The minimum Gasteiger partial charge on any atom is -0.455 e. The SMILES string of the molecule is Bc1cc(C(B)(B)C(C)(C)C)cc(-c2cccc3c2oc2c(-c4c(B)c(B)c(B)c(B)c4B)c(C#N)ccc23)n1. The molecular formula is C29H32B8N2O. The van der Waals surface area contributed by atoms with Gasteiger partial charge in [0, 0.05) is 21.9 Å². The van der Waals surface area contributed by atoms with E-state index in [0.717, 1.165) is 49.9 Å². The van der Waals surface area contributed by atoms with Crippen LogP contribution in [0.25, 0.3) is 44.3 Å². The largest absolute Gasteiger partial charge is 0.455 e. The van der Waals surface area contributed by atoms with E-state index in [1.807, 2.05) is 12.1 Å². The quantitative estimate of drug-likeness (QED) is 0.229. The van der Waals surface area contributed by atoms with Crippen LogP contribution in [0.1, 0.15) is 31.9 Å². The fraction of sp³-hybridized carbons (Fsp3) is 0.172. The zero-order valence-corrected chi connectivity index (χ0v) is 25.8. The molecule has 2 heterocycles. The molecular weight excluding hydrogens is 479 g/mol. The molecule has 3 aromatic carbocycles. The minimum atomic E-state index is -0.0533. The molecule has 0 saturated carbocycles. The first-order valence-electron chi connectivity index (χ1n) is 14.1. The van der Waals surface area contributed by atoms with Gasteiger partial charge < -0.3 is 4.42 Å². The van der Waals surface area contributed by atoms with Gasteiger partial charge in [-0.3, -0.25) is 4.98 Å². The lowest BCUT2D eigenvalue weighted by Gasteiger charge is -2.40. The average Bonchev–Trinajstić information content (AvgIpc) is 3.29. The molecule has 0 aliphatic rings. The summed E-state index contributed by atoms with van der Waals surface area (Å²) >= 11 is 0. The molecule has 0 spiro atoms. The Morgan fingerprint density at radius 3 is 1.95 bits per heavy atom. The van der Waals surface area contributed by atoms with Crippen LogP contribution in [0.5, 0.6) is 0 Å². The molecule has 2 aromatic heterocycles. The number of hydrogen-bond acceptors (Lipinski definition) is 3. The molecule has 5 aromatic rings. The average molecular weight is 511 g/mol. The van der Waals surface area contributed by atoms with Crippen LogP contribution >= 0.6 is 0 Å². The number of rotatable bonds is 3. The lowest BCUT2D eigenvalue weighted by atomic mass is 9.41. The second-order valence-electron chi connectivity index (χ2n) is 13.0. The van der Waals surface area contributed by atoms with E-state index in [2.05, 4.69) is 120 Å². The number of pyridine rings is 1. The molecule has 0 unspecified atom stereocenters. The summed E-state index contributed by atoms with van der Waals surface area (Å²) in [7, 11) is 17.5. The van der Waals surface area contributed by atoms with Crippen LogP contribution in [0.15, 0.2) is 46.9 Å². The van der Waals surface area contributed by atoms with E-state index in [0.29, 0.717) is 5.56 Å². The number of benzene rings is 3. The van der Waals surface area contributed by atoms with Crippen molar-refractivity contribution in [3.05, 3.63) is 53.6 Å². The Labute approximate surface area is 245 Å². The van der Waals surface area contributed by atoms with Crippen molar-refractivity contribution in [2.45, 2.75) is 26.0 Å². The van der Waals surface area contributed by atoms with Gasteiger partial charge in [-0.15, -0.1) is 16.4 Å². The van der Waals surface area contributed by atoms with Gasteiger partial charge in [0.25, 0.3) is 0 Å². The van der Waals surface area contributed by atoms with Gasteiger partial charge >= 0.3 is 0 Å². The van der Waals surface area contributed by atoms with E-state index in [4.69, 9.17) is 9.40 Å². The first-order chi connectivity index (χ1) is 18.7. The predicted molar refractivity (Wildman–Crippen MR) is 194 cm³/mol. The molecule has 0 N–H and O–H groups in total. The normalized spacial score (nSPS) is 12.2. The van der Waals surface area contributed by atoms with Gasteiger partial charge in [-0.25, -0.2) is 0 Å². The summed E-state index contributed by atoms with van der Waals surface area (Å²) in [5, 5.41) is 12.2. The lowest BCUT2D eigenvalue weighted by Crippen LogP contribution is -2.55. The highest BCUT2D eigenvalue weighted by molar-refractivity contribution is 6.69. The maximum Gasteiger partial charge on any atom is 0.163 e. The van der Waals surface area contributed by atoms with Gasteiger partial charge in [-0.1, -0.05) is 54.6 Å². The number of fused-ring (bicyclic) bond motifs is 3. The van der Waals surface area contributed by atoms with Crippen LogP contribution in [-0.2, 0) is 5.21 Å². The van der Waals surface area contributed by atoms with E-state index in [-0.39, 0.29) is 10.6 Å². The van der Waals surface area contributed by atoms with Crippen LogP contribution in [0.4, 0.5) is 0 Å². The van der Waals surface area contributed by atoms with E-state index in [1.165, 1.54) is 32.9 Å². The summed E-state index contributed by atoms with van der Waals surface area (Å²) < 4.78 is 6.83. The molecule has 40 heavy (non-hydrogen) atoms. The fourth-order valence-corrected chi connectivity index (χ4v) is 5.88. The van der Waals surface area contributed by atoms with Gasteiger partial charge in [0.15, 0.2) is 7.85 Å². The molecule has 0 amide bonds. The Bertz CT molecular complexity index is 1870. The molecule has 0 fully saturated rings. The predicted octanol–water partition coefficient (Wildman–Crippen LogP) is -4.80. The van der Waals surface area contributed by atoms with Gasteiger partial charge in [-0.05, 0) is 46.9 Å². The summed E-state index contributed by atoms with van der Waals surface area (Å²) in [6.07, 6.45) is 0. The van der Waals surface area contributed by atoms with Crippen molar-refractivity contribution in [2.24, 2.45) is 5.41 Å². The van der Waals surface area contributed by atoms with Crippen LogP contribution in [0.2, 0.25) is 0 Å². The Balaban J connectivity index is 1.86. The summed E-state index contributed by atoms with van der Waals surface area (Å²) in [6.45, 7) is 6.86. The Hall–Kier alpha value is -3.38.